The molecule has 1 aliphatic rings. The number of alkyl halides is 6. The van der Waals surface area contributed by atoms with Crippen LogP contribution >= 0.6 is 0 Å². The van der Waals surface area contributed by atoms with E-state index < -0.39 is 35.1 Å². The van der Waals surface area contributed by atoms with Crippen molar-refractivity contribution in [1.29, 1.82) is 0 Å². The highest BCUT2D eigenvalue weighted by Gasteiger charge is 2.72. The van der Waals surface area contributed by atoms with Gasteiger partial charge in [-0.1, -0.05) is 60.2 Å². The lowest BCUT2D eigenvalue weighted by Gasteiger charge is -2.38. The molecule has 1 unspecified atom stereocenters. The number of fused-ring (bicyclic) bond motifs is 2. The molecule has 0 bridgehead atoms. The number of benzene rings is 4. The monoisotopic (exact) mass is 554 g/mol. The first-order chi connectivity index (χ1) is 19.0. The maximum Gasteiger partial charge on any atom is 0.411 e. The maximum absolute atomic E-state index is 14.8. The molecule has 0 radical (unpaired) electrons. The summed E-state index contributed by atoms with van der Waals surface area (Å²) in [6, 6.07) is 21.2. The van der Waals surface area contributed by atoms with Gasteiger partial charge in [-0.2, -0.15) is 26.3 Å². The Labute approximate surface area is 224 Å². The molecule has 0 saturated carbocycles. The second-order valence-electron chi connectivity index (χ2n) is 9.58. The van der Waals surface area contributed by atoms with Crippen molar-refractivity contribution in [2.24, 2.45) is 0 Å². The summed E-state index contributed by atoms with van der Waals surface area (Å²) in [6.45, 7) is 1.87. The van der Waals surface area contributed by atoms with Crippen LogP contribution in [-0.2, 0) is 5.41 Å². The quantitative estimate of drug-likeness (QED) is 0.226. The summed E-state index contributed by atoms with van der Waals surface area (Å²) in [5.74, 6) is 0.230. The zero-order chi connectivity index (χ0) is 28.3. The van der Waals surface area contributed by atoms with Crippen molar-refractivity contribution in [1.82, 2.24) is 4.98 Å². The van der Waals surface area contributed by atoms with E-state index >= 15 is 0 Å². The second kappa shape index (κ2) is 9.04. The highest BCUT2D eigenvalue weighted by atomic mass is 19.4. The van der Waals surface area contributed by atoms with Gasteiger partial charge in [-0.15, -0.1) is 0 Å². The Bertz CT molecular complexity index is 1680. The highest BCUT2D eigenvalue weighted by Crippen LogP contribution is 2.57. The number of nitrogens with one attached hydrogen (secondary N) is 1. The minimum atomic E-state index is -5.75. The maximum atomic E-state index is 14.8. The van der Waals surface area contributed by atoms with Crippen molar-refractivity contribution in [3.05, 3.63) is 113 Å². The van der Waals surface area contributed by atoms with Crippen LogP contribution in [0.25, 0.3) is 22.6 Å². The second-order valence-corrected chi connectivity index (χ2v) is 9.58. The van der Waals surface area contributed by atoms with E-state index in [1.165, 1.54) is 0 Å². The van der Waals surface area contributed by atoms with Gasteiger partial charge in [0.05, 0.1) is 5.69 Å². The van der Waals surface area contributed by atoms with Crippen LogP contribution in [0.4, 0.5) is 32.0 Å². The molecule has 0 amide bonds. The topological polar surface area (TPSA) is 47.3 Å². The molecular formula is C30H20F6N2O2. The molecule has 4 aromatic carbocycles. The van der Waals surface area contributed by atoms with Gasteiger partial charge in [0.1, 0.15) is 11.3 Å². The average molecular weight is 554 g/mol. The third-order valence-corrected chi connectivity index (χ3v) is 7.02. The van der Waals surface area contributed by atoms with Gasteiger partial charge in [0.25, 0.3) is 0 Å². The molecule has 1 N–H and O–H groups in total. The van der Waals surface area contributed by atoms with Gasteiger partial charge in [0.15, 0.2) is 11.8 Å². The lowest BCUT2D eigenvalue weighted by molar-refractivity contribution is -0.288. The summed E-state index contributed by atoms with van der Waals surface area (Å²) in [6.07, 6.45) is -12.3. The largest absolute Gasteiger partial charge is 0.464 e. The Kier molecular flexibility index (Phi) is 5.83. The molecule has 1 aromatic heterocycles. The molecule has 0 spiro atoms. The molecule has 0 fully saturated rings. The molecule has 6 rings (SSSR count). The van der Waals surface area contributed by atoms with Gasteiger partial charge in [-0.3, -0.25) is 0 Å². The third kappa shape index (κ3) is 4.06. The molecule has 5 aromatic rings. The van der Waals surface area contributed by atoms with Crippen LogP contribution in [-0.4, -0.2) is 17.3 Å². The summed E-state index contributed by atoms with van der Waals surface area (Å²) in [5, 5.41) is 2.89. The number of halogens is 6. The summed E-state index contributed by atoms with van der Waals surface area (Å²) in [7, 11) is 0. The normalized spacial score (nSPS) is 15.5. The Morgan fingerprint density at radius 2 is 1.40 bits per heavy atom. The van der Waals surface area contributed by atoms with Crippen LogP contribution in [0.5, 0.6) is 5.75 Å². The van der Waals surface area contributed by atoms with Crippen LogP contribution in [0.1, 0.15) is 28.5 Å². The Hall–Kier alpha value is -4.47. The zero-order valence-electron chi connectivity index (χ0n) is 20.8. The molecule has 1 atom stereocenters. The molecule has 10 heteroatoms. The van der Waals surface area contributed by atoms with Crippen LogP contribution < -0.4 is 10.1 Å². The first-order valence-electron chi connectivity index (χ1n) is 12.2. The molecule has 1 aliphatic heterocycles. The van der Waals surface area contributed by atoms with Crippen molar-refractivity contribution in [3.8, 4) is 17.2 Å². The fraction of sp³-hybridized carbons (Fsp3) is 0.167. The minimum absolute atomic E-state index is 0.0217. The van der Waals surface area contributed by atoms with Crippen LogP contribution in [0, 0.1) is 6.92 Å². The van der Waals surface area contributed by atoms with Gasteiger partial charge in [0, 0.05) is 11.1 Å². The van der Waals surface area contributed by atoms with Crippen molar-refractivity contribution in [2.75, 3.05) is 5.32 Å². The number of aryl methyl sites for hydroxylation is 1. The number of hydrogen-bond acceptors (Lipinski definition) is 4. The molecule has 204 valence electrons. The van der Waals surface area contributed by atoms with Crippen molar-refractivity contribution in [2.45, 2.75) is 30.9 Å². The number of rotatable bonds is 4. The van der Waals surface area contributed by atoms with E-state index in [0.717, 1.165) is 42.0 Å². The van der Waals surface area contributed by atoms with Gasteiger partial charge in [-0.25, -0.2) is 4.98 Å². The summed E-state index contributed by atoms with van der Waals surface area (Å²) in [4.78, 5) is 4.21. The SMILES string of the molecule is Cc1ccc(-c2nc3cc(C(c4ccc5c(c4)NC(c4ccccc4)O5)(C(F)(F)F)C(F)(F)F)ccc3o2)cc1. The van der Waals surface area contributed by atoms with Gasteiger partial charge >= 0.3 is 12.4 Å². The third-order valence-electron chi connectivity index (χ3n) is 7.02. The van der Waals surface area contributed by atoms with Gasteiger partial charge in [-0.05, 0) is 54.4 Å². The molecule has 0 saturated heterocycles. The standard InChI is InChI=1S/C30H20F6N2O2/c1-17-7-9-19(10-8-17)27-38-23-16-21(12-14-25(23)40-27)28(29(31,32)33,30(34,35)36)20-11-13-24-22(15-20)37-26(39-24)18-5-3-2-4-6-18/h2-16,26,37H,1H3. The average Bonchev–Trinajstić information content (AvgIpc) is 3.52. The van der Waals surface area contributed by atoms with E-state index in [0.29, 0.717) is 11.1 Å². The molecule has 4 nitrogen and oxygen atoms in total. The van der Waals surface area contributed by atoms with E-state index in [-0.39, 0.29) is 28.4 Å². The van der Waals surface area contributed by atoms with Crippen molar-refractivity contribution < 1.29 is 35.5 Å². The van der Waals surface area contributed by atoms with E-state index in [9.17, 15) is 26.3 Å². The Morgan fingerprint density at radius 3 is 2.08 bits per heavy atom. The van der Waals surface area contributed by atoms with Crippen molar-refractivity contribution in [3.63, 3.8) is 0 Å². The lowest BCUT2D eigenvalue weighted by Crippen LogP contribution is -2.54. The predicted octanol–water partition coefficient (Wildman–Crippen LogP) is 8.72. The summed E-state index contributed by atoms with van der Waals surface area (Å²) in [5.41, 5.74) is -4.25. The van der Waals surface area contributed by atoms with Crippen LogP contribution in [0.15, 0.2) is 95.4 Å². The molecular weight excluding hydrogens is 534 g/mol. The van der Waals surface area contributed by atoms with Crippen LogP contribution in [0.3, 0.4) is 0 Å². The number of hydrogen-bond donors (Lipinski definition) is 1. The predicted molar refractivity (Wildman–Crippen MR) is 137 cm³/mol. The number of oxazole rings is 1. The Balaban J connectivity index is 1.48. The number of ether oxygens (including phenoxy) is 1. The lowest BCUT2D eigenvalue weighted by atomic mass is 9.72. The van der Waals surface area contributed by atoms with E-state index in [4.69, 9.17) is 9.15 Å². The van der Waals surface area contributed by atoms with Gasteiger partial charge < -0.3 is 14.5 Å². The first kappa shape index (κ1) is 25.8. The number of nitrogens with zero attached hydrogens (tertiary/aromatic N) is 1. The minimum Gasteiger partial charge on any atom is -0.464 e. The number of aromatic nitrogens is 1. The Morgan fingerprint density at radius 1 is 0.750 bits per heavy atom. The highest BCUT2D eigenvalue weighted by molar-refractivity contribution is 5.78. The molecule has 40 heavy (non-hydrogen) atoms. The molecule has 2 heterocycles. The molecule has 0 aliphatic carbocycles. The zero-order valence-corrected chi connectivity index (χ0v) is 20.8. The van der Waals surface area contributed by atoms with Crippen molar-refractivity contribution >= 4 is 16.8 Å². The summed E-state index contributed by atoms with van der Waals surface area (Å²) >= 11 is 0. The fourth-order valence-electron chi connectivity index (χ4n) is 5.02. The smallest absolute Gasteiger partial charge is 0.411 e. The van der Waals surface area contributed by atoms with Crippen LogP contribution in [0.2, 0.25) is 0 Å². The number of anilines is 1. The van der Waals surface area contributed by atoms with E-state index in [1.54, 1.807) is 54.6 Å². The van der Waals surface area contributed by atoms with E-state index in [2.05, 4.69) is 10.3 Å². The van der Waals surface area contributed by atoms with Gasteiger partial charge in [0.2, 0.25) is 11.3 Å². The van der Waals surface area contributed by atoms with E-state index in [1.807, 2.05) is 6.92 Å². The fourth-order valence-corrected chi connectivity index (χ4v) is 5.02. The summed E-state index contributed by atoms with van der Waals surface area (Å²) < 4.78 is 100. The first-order valence-corrected chi connectivity index (χ1v) is 12.2.